The first-order valence-electron chi connectivity index (χ1n) is 6.37. The summed E-state index contributed by atoms with van der Waals surface area (Å²) in [4.78, 5) is 11.0. The van der Waals surface area contributed by atoms with Crippen molar-refractivity contribution in [3.63, 3.8) is 0 Å². The van der Waals surface area contributed by atoms with Crippen molar-refractivity contribution in [1.29, 1.82) is 0 Å². The third-order valence-corrected chi connectivity index (χ3v) is 3.44. The second kappa shape index (κ2) is 8.17. The summed E-state index contributed by atoms with van der Waals surface area (Å²) >= 11 is 3.40. The lowest BCUT2D eigenvalue weighted by Gasteiger charge is -2.18. The van der Waals surface area contributed by atoms with Gasteiger partial charge in [-0.1, -0.05) is 22.9 Å². The molecule has 0 amide bonds. The van der Waals surface area contributed by atoms with E-state index in [4.69, 9.17) is 0 Å². The number of phenols is 1. The number of phenolic OH excluding ortho intramolecular Hbond substituents is 1. The Kier molecular flexibility index (Phi) is 6.87. The van der Waals surface area contributed by atoms with Crippen LogP contribution in [0.15, 0.2) is 22.7 Å². The minimum Gasteiger partial charge on any atom is -0.508 e. The number of carbonyl (C=O) groups is 1. The van der Waals surface area contributed by atoms with Crippen molar-refractivity contribution in [3.8, 4) is 5.75 Å². The van der Waals surface area contributed by atoms with Crippen molar-refractivity contribution in [3.05, 3.63) is 28.2 Å². The maximum Gasteiger partial charge on any atom is 0.305 e. The van der Waals surface area contributed by atoms with Crippen LogP contribution in [0.2, 0.25) is 0 Å². The van der Waals surface area contributed by atoms with E-state index >= 15 is 0 Å². The predicted molar refractivity (Wildman–Crippen MR) is 78.1 cm³/mol. The van der Waals surface area contributed by atoms with Gasteiger partial charge < -0.3 is 15.2 Å². The Morgan fingerprint density at radius 1 is 1.53 bits per heavy atom. The van der Waals surface area contributed by atoms with Crippen LogP contribution in [0.1, 0.15) is 37.8 Å². The first kappa shape index (κ1) is 16.0. The van der Waals surface area contributed by atoms with Gasteiger partial charge in [-0.15, -0.1) is 0 Å². The summed E-state index contributed by atoms with van der Waals surface area (Å²) < 4.78 is 5.53. The first-order chi connectivity index (χ1) is 9.08. The molecule has 0 aromatic heterocycles. The highest BCUT2D eigenvalue weighted by Crippen LogP contribution is 2.29. The molecule has 0 fully saturated rings. The Hall–Kier alpha value is -1.07. The molecule has 0 saturated heterocycles. The SMILES string of the molecule is CCC(NCCCC(=O)OC)c1cc(Br)ccc1O. The van der Waals surface area contributed by atoms with Crippen LogP contribution in [0.25, 0.3) is 0 Å². The number of methoxy groups -OCH3 is 1. The van der Waals surface area contributed by atoms with Gasteiger partial charge in [-0.25, -0.2) is 0 Å². The predicted octanol–water partition coefficient (Wildman–Crippen LogP) is 3.15. The van der Waals surface area contributed by atoms with Crippen molar-refractivity contribution in [2.75, 3.05) is 13.7 Å². The van der Waals surface area contributed by atoms with E-state index in [1.807, 2.05) is 12.1 Å². The molecule has 1 unspecified atom stereocenters. The molecule has 1 rings (SSSR count). The van der Waals surface area contributed by atoms with Gasteiger partial charge in [0.05, 0.1) is 7.11 Å². The summed E-state index contributed by atoms with van der Waals surface area (Å²) in [6.07, 6.45) is 1.99. The number of rotatable bonds is 7. The summed E-state index contributed by atoms with van der Waals surface area (Å²) in [5, 5.41) is 13.2. The smallest absolute Gasteiger partial charge is 0.305 e. The molecule has 1 aromatic carbocycles. The molecule has 0 radical (unpaired) electrons. The van der Waals surface area contributed by atoms with Gasteiger partial charge >= 0.3 is 5.97 Å². The van der Waals surface area contributed by atoms with E-state index in [-0.39, 0.29) is 17.8 Å². The Morgan fingerprint density at radius 3 is 2.89 bits per heavy atom. The largest absolute Gasteiger partial charge is 0.508 e. The molecule has 19 heavy (non-hydrogen) atoms. The highest BCUT2D eigenvalue weighted by Gasteiger charge is 2.13. The third-order valence-electron chi connectivity index (χ3n) is 2.95. The van der Waals surface area contributed by atoms with Crippen LogP contribution in [-0.2, 0) is 9.53 Å². The molecule has 1 aromatic rings. The van der Waals surface area contributed by atoms with Crippen LogP contribution in [0.5, 0.6) is 5.75 Å². The minimum absolute atomic E-state index is 0.0788. The minimum atomic E-state index is -0.194. The molecule has 106 valence electrons. The van der Waals surface area contributed by atoms with E-state index < -0.39 is 0 Å². The summed E-state index contributed by atoms with van der Waals surface area (Å²) in [7, 11) is 1.39. The Morgan fingerprint density at radius 2 is 2.26 bits per heavy atom. The molecule has 2 N–H and O–H groups in total. The first-order valence-corrected chi connectivity index (χ1v) is 7.16. The van der Waals surface area contributed by atoms with Crippen molar-refractivity contribution in [1.82, 2.24) is 5.32 Å². The summed E-state index contributed by atoms with van der Waals surface area (Å²) in [6, 6.07) is 5.48. The van der Waals surface area contributed by atoms with Crippen molar-refractivity contribution < 1.29 is 14.6 Å². The molecule has 0 heterocycles. The Labute approximate surface area is 122 Å². The molecule has 1 atom stereocenters. The molecule has 0 aliphatic carbocycles. The third kappa shape index (κ3) is 5.20. The van der Waals surface area contributed by atoms with Gasteiger partial charge in [-0.3, -0.25) is 4.79 Å². The number of nitrogens with one attached hydrogen (secondary N) is 1. The molecule has 4 nitrogen and oxygen atoms in total. The molecular formula is C14H20BrNO3. The van der Waals surface area contributed by atoms with Gasteiger partial charge in [0.25, 0.3) is 0 Å². The van der Waals surface area contributed by atoms with E-state index in [1.54, 1.807) is 6.07 Å². The van der Waals surface area contributed by atoms with Crippen LogP contribution in [-0.4, -0.2) is 24.7 Å². The van der Waals surface area contributed by atoms with Crippen LogP contribution in [0, 0.1) is 0 Å². The van der Waals surface area contributed by atoms with E-state index in [0.29, 0.717) is 13.0 Å². The lowest BCUT2D eigenvalue weighted by Crippen LogP contribution is -2.22. The van der Waals surface area contributed by atoms with E-state index in [9.17, 15) is 9.90 Å². The molecule has 0 spiro atoms. The number of ether oxygens (including phenoxy) is 1. The molecule has 0 saturated carbocycles. The number of hydrogen-bond acceptors (Lipinski definition) is 4. The number of halogens is 1. The topological polar surface area (TPSA) is 58.6 Å². The van der Waals surface area contributed by atoms with Crippen LogP contribution in [0.4, 0.5) is 0 Å². The molecule has 0 aliphatic heterocycles. The van der Waals surface area contributed by atoms with E-state index in [1.165, 1.54) is 7.11 Å². The molecule has 5 heteroatoms. The average molecular weight is 330 g/mol. The second-order valence-corrected chi connectivity index (χ2v) is 5.21. The fraction of sp³-hybridized carbons (Fsp3) is 0.500. The average Bonchev–Trinajstić information content (AvgIpc) is 2.41. The normalized spacial score (nSPS) is 12.2. The molecule has 0 bridgehead atoms. The quantitative estimate of drug-likeness (QED) is 0.596. The lowest BCUT2D eigenvalue weighted by molar-refractivity contribution is -0.140. The van der Waals surface area contributed by atoms with Crippen molar-refractivity contribution >= 4 is 21.9 Å². The standard InChI is InChI=1S/C14H20BrNO3/c1-3-12(16-8-4-5-14(18)19-2)11-9-10(15)6-7-13(11)17/h6-7,9,12,16-17H,3-5,8H2,1-2H3. The fourth-order valence-corrected chi connectivity index (χ4v) is 2.27. The van der Waals surface area contributed by atoms with E-state index in [0.717, 1.165) is 22.9 Å². The number of aromatic hydroxyl groups is 1. The maximum absolute atomic E-state index is 11.0. The van der Waals surface area contributed by atoms with E-state index in [2.05, 4.69) is 32.9 Å². The number of hydrogen-bond donors (Lipinski definition) is 2. The van der Waals surface area contributed by atoms with Gasteiger partial charge in [0.15, 0.2) is 0 Å². The van der Waals surface area contributed by atoms with Crippen LogP contribution in [0.3, 0.4) is 0 Å². The van der Waals surface area contributed by atoms with Crippen LogP contribution >= 0.6 is 15.9 Å². The molecule has 0 aliphatic rings. The highest BCUT2D eigenvalue weighted by molar-refractivity contribution is 9.10. The Balaban J connectivity index is 2.53. The summed E-state index contributed by atoms with van der Waals surface area (Å²) in [6.45, 7) is 2.76. The highest BCUT2D eigenvalue weighted by atomic mass is 79.9. The van der Waals surface area contributed by atoms with Gasteiger partial charge in [-0.2, -0.15) is 0 Å². The zero-order valence-corrected chi connectivity index (χ0v) is 12.9. The molecular weight excluding hydrogens is 310 g/mol. The monoisotopic (exact) mass is 329 g/mol. The second-order valence-electron chi connectivity index (χ2n) is 4.30. The summed E-state index contributed by atoms with van der Waals surface area (Å²) in [5.41, 5.74) is 0.870. The van der Waals surface area contributed by atoms with Crippen molar-refractivity contribution in [2.24, 2.45) is 0 Å². The maximum atomic E-state index is 11.0. The zero-order chi connectivity index (χ0) is 14.3. The summed E-state index contributed by atoms with van der Waals surface area (Å²) in [5.74, 6) is 0.0932. The van der Waals surface area contributed by atoms with Gasteiger partial charge in [-0.05, 0) is 37.6 Å². The van der Waals surface area contributed by atoms with Gasteiger partial charge in [0.1, 0.15) is 5.75 Å². The van der Waals surface area contributed by atoms with Gasteiger partial charge in [0, 0.05) is 22.5 Å². The van der Waals surface area contributed by atoms with Gasteiger partial charge in [0.2, 0.25) is 0 Å². The number of esters is 1. The lowest BCUT2D eigenvalue weighted by atomic mass is 10.0. The van der Waals surface area contributed by atoms with Crippen LogP contribution < -0.4 is 5.32 Å². The van der Waals surface area contributed by atoms with Crippen molar-refractivity contribution in [2.45, 2.75) is 32.2 Å². The Bertz CT molecular complexity index is 423. The fourth-order valence-electron chi connectivity index (χ4n) is 1.89. The number of benzene rings is 1. The zero-order valence-electron chi connectivity index (χ0n) is 11.3. The number of carbonyl (C=O) groups excluding carboxylic acids is 1.